The predicted molar refractivity (Wildman–Crippen MR) is 79.7 cm³/mol. The lowest BCUT2D eigenvalue weighted by Crippen LogP contribution is -2.18. The summed E-state index contributed by atoms with van der Waals surface area (Å²) in [7, 11) is 4.98. The first-order valence-corrected chi connectivity index (χ1v) is 5.13. The lowest BCUT2D eigenvalue weighted by molar-refractivity contribution is -0.123. The molecule has 0 aromatic carbocycles. The SMILES string of the molecule is C.C.CN1CC=CC1=O.CNC(C)=O.CNC(C)=O. The van der Waals surface area contributed by atoms with Crippen LogP contribution in [0.1, 0.15) is 28.7 Å². The molecule has 1 aliphatic heterocycles. The molecule has 2 N–H and O–H groups in total. The summed E-state index contributed by atoms with van der Waals surface area (Å²) in [6, 6.07) is 0. The molecule has 114 valence electrons. The van der Waals surface area contributed by atoms with Crippen molar-refractivity contribution in [3.8, 4) is 0 Å². The van der Waals surface area contributed by atoms with E-state index in [9.17, 15) is 14.4 Å². The van der Waals surface area contributed by atoms with Crippen molar-refractivity contribution in [2.24, 2.45) is 0 Å². The van der Waals surface area contributed by atoms with Crippen LogP contribution in [0.4, 0.5) is 0 Å². The van der Waals surface area contributed by atoms with Crippen LogP contribution in [0, 0.1) is 0 Å². The van der Waals surface area contributed by atoms with Gasteiger partial charge in [-0.15, -0.1) is 0 Å². The van der Waals surface area contributed by atoms with Crippen LogP contribution in [-0.4, -0.2) is 50.3 Å². The summed E-state index contributed by atoms with van der Waals surface area (Å²) >= 11 is 0. The molecule has 0 aromatic heterocycles. The Hall–Kier alpha value is -1.85. The highest BCUT2D eigenvalue weighted by Gasteiger charge is 2.06. The van der Waals surface area contributed by atoms with E-state index in [1.165, 1.54) is 13.8 Å². The molecule has 0 saturated carbocycles. The minimum absolute atomic E-state index is 0. The van der Waals surface area contributed by atoms with Crippen molar-refractivity contribution in [1.29, 1.82) is 0 Å². The third-order valence-electron chi connectivity index (χ3n) is 1.72. The molecule has 0 atom stereocenters. The van der Waals surface area contributed by atoms with Gasteiger partial charge in [0.25, 0.3) is 0 Å². The number of hydrogen-bond donors (Lipinski definition) is 2. The highest BCUT2D eigenvalue weighted by molar-refractivity contribution is 5.89. The predicted octanol–water partition coefficient (Wildman–Crippen LogP) is 0.791. The number of nitrogens with zero attached hydrogens (tertiary/aromatic N) is 1. The molecule has 0 saturated heterocycles. The molecule has 0 spiro atoms. The maximum absolute atomic E-state index is 10.4. The Balaban J connectivity index is -0.0000000866. The van der Waals surface area contributed by atoms with E-state index in [1.807, 2.05) is 6.08 Å². The molecule has 0 bridgehead atoms. The highest BCUT2D eigenvalue weighted by Crippen LogP contribution is 1.94. The van der Waals surface area contributed by atoms with Gasteiger partial charge in [-0.1, -0.05) is 20.9 Å². The van der Waals surface area contributed by atoms with E-state index in [2.05, 4.69) is 10.6 Å². The second-order valence-corrected chi connectivity index (χ2v) is 3.23. The molecular formula is C13H29N3O3. The number of hydrogen-bond acceptors (Lipinski definition) is 3. The first-order valence-electron chi connectivity index (χ1n) is 5.13. The Morgan fingerprint density at radius 1 is 1.11 bits per heavy atom. The number of amides is 3. The average molecular weight is 275 g/mol. The minimum Gasteiger partial charge on any atom is -0.359 e. The molecule has 0 aliphatic carbocycles. The van der Waals surface area contributed by atoms with Crippen LogP contribution in [0.3, 0.4) is 0 Å². The quantitative estimate of drug-likeness (QED) is 0.686. The van der Waals surface area contributed by atoms with Crippen LogP contribution in [0.25, 0.3) is 0 Å². The lowest BCUT2D eigenvalue weighted by atomic mass is 10.6. The molecule has 0 radical (unpaired) electrons. The molecule has 1 aliphatic rings. The van der Waals surface area contributed by atoms with Crippen LogP contribution in [0.2, 0.25) is 0 Å². The second-order valence-electron chi connectivity index (χ2n) is 3.23. The number of carbonyl (C=O) groups excluding carboxylic acids is 3. The van der Waals surface area contributed by atoms with Crippen LogP contribution >= 0.6 is 0 Å². The summed E-state index contributed by atoms with van der Waals surface area (Å²) in [6.07, 6.45) is 3.43. The largest absolute Gasteiger partial charge is 0.359 e. The molecule has 0 unspecified atom stereocenters. The zero-order chi connectivity index (χ0) is 13.8. The first kappa shape index (κ1) is 25.9. The van der Waals surface area contributed by atoms with Crippen molar-refractivity contribution in [1.82, 2.24) is 15.5 Å². The molecule has 1 heterocycles. The van der Waals surface area contributed by atoms with Crippen molar-refractivity contribution in [3.05, 3.63) is 12.2 Å². The Kier molecular flexibility index (Phi) is 22.0. The van der Waals surface area contributed by atoms with Crippen LogP contribution < -0.4 is 10.6 Å². The summed E-state index contributed by atoms with van der Waals surface area (Å²) < 4.78 is 0. The fraction of sp³-hybridized carbons (Fsp3) is 0.615. The number of rotatable bonds is 0. The van der Waals surface area contributed by atoms with Gasteiger partial charge in [-0.25, -0.2) is 0 Å². The van der Waals surface area contributed by atoms with E-state index in [0.717, 1.165) is 6.54 Å². The Bertz CT molecular complexity index is 275. The zero-order valence-electron chi connectivity index (χ0n) is 11.0. The first-order chi connectivity index (χ1) is 7.84. The van der Waals surface area contributed by atoms with Gasteiger partial charge in [-0.3, -0.25) is 14.4 Å². The van der Waals surface area contributed by atoms with Crippen LogP contribution in [-0.2, 0) is 14.4 Å². The molecule has 19 heavy (non-hydrogen) atoms. The van der Waals surface area contributed by atoms with E-state index in [-0.39, 0.29) is 32.6 Å². The summed E-state index contributed by atoms with van der Waals surface area (Å²) in [4.78, 5) is 31.5. The molecule has 3 amide bonds. The van der Waals surface area contributed by atoms with Gasteiger partial charge in [0, 0.05) is 47.6 Å². The van der Waals surface area contributed by atoms with Gasteiger partial charge in [0.15, 0.2) is 0 Å². The molecule has 1 rings (SSSR count). The summed E-state index contributed by atoms with van der Waals surface area (Å²) in [5.41, 5.74) is 0. The maximum atomic E-state index is 10.4. The van der Waals surface area contributed by atoms with Gasteiger partial charge >= 0.3 is 0 Å². The van der Waals surface area contributed by atoms with Gasteiger partial charge < -0.3 is 15.5 Å². The van der Waals surface area contributed by atoms with E-state index in [4.69, 9.17) is 0 Å². The minimum atomic E-state index is 0. The summed E-state index contributed by atoms with van der Waals surface area (Å²) in [5, 5.41) is 4.78. The molecule has 0 fully saturated rings. The van der Waals surface area contributed by atoms with E-state index in [0.29, 0.717) is 0 Å². The second kappa shape index (κ2) is 16.1. The normalized spacial score (nSPS) is 10.6. The molecular weight excluding hydrogens is 246 g/mol. The van der Waals surface area contributed by atoms with E-state index < -0.39 is 0 Å². The van der Waals surface area contributed by atoms with Gasteiger partial charge in [0.2, 0.25) is 17.7 Å². The van der Waals surface area contributed by atoms with Crippen molar-refractivity contribution >= 4 is 17.7 Å². The smallest absolute Gasteiger partial charge is 0.246 e. The van der Waals surface area contributed by atoms with Crippen molar-refractivity contribution in [3.63, 3.8) is 0 Å². The fourth-order valence-corrected chi connectivity index (χ4v) is 0.529. The topological polar surface area (TPSA) is 78.5 Å². The van der Waals surface area contributed by atoms with Gasteiger partial charge in [-0.05, 0) is 0 Å². The van der Waals surface area contributed by atoms with E-state index in [1.54, 1.807) is 32.1 Å². The van der Waals surface area contributed by atoms with Gasteiger partial charge in [0.05, 0.1) is 0 Å². The molecule has 6 heteroatoms. The summed E-state index contributed by atoms with van der Waals surface area (Å²) in [5.74, 6) is 0.120. The monoisotopic (exact) mass is 275 g/mol. The zero-order valence-corrected chi connectivity index (χ0v) is 11.0. The Labute approximate surface area is 117 Å². The Morgan fingerprint density at radius 2 is 1.42 bits per heavy atom. The van der Waals surface area contributed by atoms with Crippen LogP contribution in [0.15, 0.2) is 12.2 Å². The third-order valence-corrected chi connectivity index (χ3v) is 1.72. The van der Waals surface area contributed by atoms with Crippen molar-refractivity contribution in [2.45, 2.75) is 28.7 Å². The lowest BCUT2D eigenvalue weighted by Gasteiger charge is -2.03. The maximum Gasteiger partial charge on any atom is 0.246 e. The number of likely N-dealkylation sites (N-methyl/N-ethyl adjacent to an activating group) is 1. The Morgan fingerprint density at radius 3 is 1.47 bits per heavy atom. The van der Waals surface area contributed by atoms with Gasteiger partial charge in [-0.2, -0.15) is 0 Å². The number of carbonyl (C=O) groups is 3. The van der Waals surface area contributed by atoms with Crippen molar-refractivity contribution < 1.29 is 14.4 Å². The number of nitrogens with one attached hydrogen (secondary N) is 2. The third kappa shape index (κ3) is 21.9. The van der Waals surface area contributed by atoms with Crippen LogP contribution in [0.5, 0.6) is 0 Å². The summed E-state index contributed by atoms with van der Waals surface area (Å²) in [6.45, 7) is 3.72. The van der Waals surface area contributed by atoms with Crippen molar-refractivity contribution in [2.75, 3.05) is 27.7 Å². The fourth-order valence-electron chi connectivity index (χ4n) is 0.529. The molecule has 6 nitrogen and oxygen atoms in total. The average Bonchev–Trinajstić information content (AvgIpc) is 2.65. The van der Waals surface area contributed by atoms with Gasteiger partial charge in [0.1, 0.15) is 0 Å². The highest BCUT2D eigenvalue weighted by atomic mass is 16.2. The molecule has 0 aromatic rings. The van der Waals surface area contributed by atoms with E-state index >= 15 is 0 Å². The standard InChI is InChI=1S/C5H7NO.2C3H7NO.2CH4/c1-6-4-2-3-5(6)7;2*1-3(5)4-2;;/h2-3H,4H2,1H3;2*1-2H3,(H,4,5);2*1H4.